The van der Waals surface area contributed by atoms with Gasteiger partial charge in [-0.05, 0) is 24.0 Å². The van der Waals surface area contributed by atoms with Crippen molar-refractivity contribution >= 4 is 17.8 Å². The molecule has 0 radical (unpaired) electrons. The quantitative estimate of drug-likeness (QED) is 0.693. The Bertz CT molecular complexity index is 972. The molecule has 29 heavy (non-hydrogen) atoms. The first-order chi connectivity index (χ1) is 14.2. The molecule has 1 aromatic heterocycles. The number of hydrogen-bond acceptors (Lipinski definition) is 4. The number of H-pyrrole nitrogens is 1. The standard InChI is InChI=1S/C22H22N4O3/c27-21(23-20-14-18(24-25-20)17-10-5-2-6-11-17)19-12-7-13-26(19)22(28)29-15-16-8-3-1-4-9-16/h1-6,8-11,14,19H,7,12-13,15H2,(H2,23,24,25,27)/t19-/m0/s1. The molecule has 2 amide bonds. The van der Waals surface area contributed by atoms with E-state index in [1.807, 2.05) is 60.7 Å². The van der Waals surface area contributed by atoms with Crippen molar-refractivity contribution in [1.82, 2.24) is 15.1 Å². The number of carbonyl (C=O) groups is 2. The van der Waals surface area contributed by atoms with Crippen LogP contribution in [0.3, 0.4) is 0 Å². The van der Waals surface area contributed by atoms with Gasteiger partial charge in [0, 0.05) is 12.6 Å². The zero-order valence-electron chi connectivity index (χ0n) is 15.9. The average Bonchev–Trinajstić information content (AvgIpc) is 3.43. The van der Waals surface area contributed by atoms with Gasteiger partial charge in [0.25, 0.3) is 0 Å². The molecule has 4 rings (SSSR count). The molecule has 1 aliphatic heterocycles. The SMILES string of the molecule is O=C(Nc1cc(-c2ccccc2)[nH]n1)[C@@H]1CCCN1C(=O)OCc1ccccc1. The fourth-order valence-electron chi connectivity index (χ4n) is 3.42. The van der Waals surface area contributed by atoms with Gasteiger partial charge in [-0.3, -0.25) is 14.8 Å². The van der Waals surface area contributed by atoms with Crippen LogP contribution < -0.4 is 5.32 Å². The molecular formula is C22H22N4O3. The second-order valence-corrected chi connectivity index (χ2v) is 6.91. The van der Waals surface area contributed by atoms with E-state index < -0.39 is 12.1 Å². The lowest BCUT2D eigenvalue weighted by Crippen LogP contribution is -2.43. The number of rotatable bonds is 5. The number of aromatic nitrogens is 2. The first-order valence-corrected chi connectivity index (χ1v) is 9.60. The van der Waals surface area contributed by atoms with E-state index in [4.69, 9.17) is 4.74 Å². The number of hydrogen-bond donors (Lipinski definition) is 2. The summed E-state index contributed by atoms with van der Waals surface area (Å²) in [6, 6.07) is 20.4. The number of likely N-dealkylation sites (tertiary alicyclic amines) is 1. The van der Waals surface area contributed by atoms with Gasteiger partial charge >= 0.3 is 6.09 Å². The van der Waals surface area contributed by atoms with Crippen molar-refractivity contribution in [3.05, 3.63) is 72.3 Å². The molecule has 0 saturated carbocycles. The maximum Gasteiger partial charge on any atom is 0.410 e. The Hall–Kier alpha value is -3.61. The van der Waals surface area contributed by atoms with E-state index in [1.54, 1.807) is 6.07 Å². The van der Waals surface area contributed by atoms with E-state index in [0.29, 0.717) is 18.8 Å². The number of ether oxygens (including phenoxy) is 1. The minimum absolute atomic E-state index is 0.185. The summed E-state index contributed by atoms with van der Waals surface area (Å²) < 4.78 is 5.39. The van der Waals surface area contributed by atoms with Gasteiger partial charge in [0.05, 0.1) is 5.69 Å². The van der Waals surface area contributed by atoms with Crippen molar-refractivity contribution in [1.29, 1.82) is 0 Å². The normalized spacial score (nSPS) is 15.9. The maximum atomic E-state index is 12.7. The molecule has 0 spiro atoms. The van der Waals surface area contributed by atoms with Crippen LogP contribution in [0.15, 0.2) is 66.7 Å². The molecule has 0 unspecified atom stereocenters. The van der Waals surface area contributed by atoms with Crippen LogP contribution in [-0.2, 0) is 16.1 Å². The van der Waals surface area contributed by atoms with Crippen LogP contribution in [-0.4, -0.2) is 39.7 Å². The second kappa shape index (κ2) is 8.60. The van der Waals surface area contributed by atoms with Gasteiger partial charge in [0.1, 0.15) is 12.6 Å². The van der Waals surface area contributed by atoms with E-state index in [1.165, 1.54) is 4.90 Å². The summed E-state index contributed by atoms with van der Waals surface area (Å²) >= 11 is 0. The monoisotopic (exact) mass is 390 g/mol. The van der Waals surface area contributed by atoms with Crippen LogP contribution in [0, 0.1) is 0 Å². The summed E-state index contributed by atoms with van der Waals surface area (Å²) in [5.41, 5.74) is 2.70. The highest BCUT2D eigenvalue weighted by atomic mass is 16.6. The largest absolute Gasteiger partial charge is 0.445 e. The first-order valence-electron chi connectivity index (χ1n) is 9.60. The maximum absolute atomic E-state index is 12.7. The number of amides is 2. The highest BCUT2D eigenvalue weighted by Gasteiger charge is 2.35. The molecule has 0 aliphatic carbocycles. The third-order valence-electron chi connectivity index (χ3n) is 4.91. The molecule has 2 N–H and O–H groups in total. The minimum Gasteiger partial charge on any atom is -0.445 e. The fraction of sp³-hybridized carbons (Fsp3) is 0.227. The molecule has 0 bridgehead atoms. The summed E-state index contributed by atoms with van der Waals surface area (Å²) in [5.74, 6) is 0.170. The topological polar surface area (TPSA) is 87.3 Å². The van der Waals surface area contributed by atoms with Crippen LogP contribution in [0.2, 0.25) is 0 Å². The molecule has 3 aromatic rings. The molecule has 1 fully saturated rings. The Morgan fingerprint density at radius 3 is 2.59 bits per heavy atom. The summed E-state index contributed by atoms with van der Waals surface area (Å²) in [5, 5.41) is 9.88. The van der Waals surface area contributed by atoms with Crippen LogP contribution in [0.4, 0.5) is 10.6 Å². The van der Waals surface area contributed by atoms with E-state index >= 15 is 0 Å². The Morgan fingerprint density at radius 1 is 1.10 bits per heavy atom. The van der Waals surface area contributed by atoms with Crippen LogP contribution in [0.5, 0.6) is 0 Å². The van der Waals surface area contributed by atoms with Crippen molar-refractivity contribution in [2.24, 2.45) is 0 Å². The van der Waals surface area contributed by atoms with Gasteiger partial charge in [-0.2, -0.15) is 5.10 Å². The van der Waals surface area contributed by atoms with Gasteiger partial charge in [-0.15, -0.1) is 0 Å². The lowest BCUT2D eigenvalue weighted by atomic mass is 10.1. The number of anilines is 1. The zero-order valence-corrected chi connectivity index (χ0v) is 15.9. The molecule has 148 valence electrons. The van der Waals surface area contributed by atoms with Gasteiger partial charge in [0.2, 0.25) is 5.91 Å². The number of benzene rings is 2. The summed E-state index contributed by atoms with van der Waals surface area (Å²) in [4.78, 5) is 26.7. The van der Waals surface area contributed by atoms with E-state index in [9.17, 15) is 9.59 Å². The van der Waals surface area contributed by atoms with Crippen molar-refractivity contribution in [3.63, 3.8) is 0 Å². The predicted molar refractivity (Wildman–Crippen MR) is 109 cm³/mol. The zero-order chi connectivity index (χ0) is 20.1. The lowest BCUT2D eigenvalue weighted by Gasteiger charge is -2.22. The van der Waals surface area contributed by atoms with Gasteiger partial charge in [-0.25, -0.2) is 4.79 Å². The van der Waals surface area contributed by atoms with Crippen molar-refractivity contribution in [2.75, 3.05) is 11.9 Å². The first kappa shape index (κ1) is 18.7. The summed E-state index contributed by atoms with van der Waals surface area (Å²) in [6.45, 7) is 0.686. The Kier molecular flexibility index (Phi) is 5.56. The predicted octanol–water partition coefficient (Wildman–Crippen LogP) is 3.82. The smallest absolute Gasteiger partial charge is 0.410 e. The molecule has 1 aliphatic rings. The number of nitrogens with one attached hydrogen (secondary N) is 2. The minimum atomic E-state index is -0.560. The highest BCUT2D eigenvalue weighted by molar-refractivity contribution is 5.96. The van der Waals surface area contributed by atoms with Crippen LogP contribution in [0.25, 0.3) is 11.3 Å². The van der Waals surface area contributed by atoms with Crippen LogP contribution >= 0.6 is 0 Å². The van der Waals surface area contributed by atoms with Crippen LogP contribution in [0.1, 0.15) is 18.4 Å². The van der Waals surface area contributed by atoms with Crippen molar-refractivity contribution < 1.29 is 14.3 Å². The lowest BCUT2D eigenvalue weighted by molar-refractivity contribution is -0.120. The van der Waals surface area contributed by atoms with E-state index in [0.717, 1.165) is 23.2 Å². The van der Waals surface area contributed by atoms with Gasteiger partial charge in [-0.1, -0.05) is 60.7 Å². The average molecular weight is 390 g/mol. The Balaban J connectivity index is 1.36. The van der Waals surface area contributed by atoms with Gasteiger partial charge < -0.3 is 10.1 Å². The number of aromatic amines is 1. The molecule has 7 heteroatoms. The molecule has 1 saturated heterocycles. The summed E-state index contributed by atoms with van der Waals surface area (Å²) in [7, 11) is 0. The molecule has 1 atom stereocenters. The molecule has 2 heterocycles. The highest BCUT2D eigenvalue weighted by Crippen LogP contribution is 2.22. The number of carbonyl (C=O) groups excluding carboxylic acids is 2. The Morgan fingerprint density at radius 2 is 1.83 bits per heavy atom. The van der Waals surface area contributed by atoms with E-state index in [2.05, 4.69) is 15.5 Å². The third kappa shape index (κ3) is 4.45. The van der Waals surface area contributed by atoms with E-state index in [-0.39, 0.29) is 12.5 Å². The van der Waals surface area contributed by atoms with Crippen molar-refractivity contribution in [3.8, 4) is 11.3 Å². The van der Waals surface area contributed by atoms with Gasteiger partial charge in [0.15, 0.2) is 5.82 Å². The second-order valence-electron chi connectivity index (χ2n) is 6.91. The molecule has 7 nitrogen and oxygen atoms in total. The Labute approximate surface area is 168 Å². The van der Waals surface area contributed by atoms with Crippen molar-refractivity contribution in [2.45, 2.75) is 25.5 Å². The third-order valence-corrected chi connectivity index (χ3v) is 4.91. The molecular weight excluding hydrogens is 368 g/mol. The number of nitrogens with zero attached hydrogens (tertiary/aromatic N) is 2. The fourth-order valence-corrected chi connectivity index (χ4v) is 3.42. The molecule has 2 aromatic carbocycles. The summed E-state index contributed by atoms with van der Waals surface area (Å²) in [6.07, 6.45) is 0.884.